The number of carbonyl (C=O) groups excluding carboxylic acids is 3. The van der Waals surface area contributed by atoms with Crippen LogP contribution in [0, 0.1) is 0 Å². The lowest BCUT2D eigenvalue weighted by molar-refractivity contribution is -0.134. The molecule has 0 saturated carbocycles. The Hall–Kier alpha value is -2.63. The summed E-state index contributed by atoms with van der Waals surface area (Å²) in [5, 5.41) is 3.02. The fourth-order valence-electron chi connectivity index (χ4n) is 2.30. The molecule has 100 valence electrons. The van der Waals surface area contributed by atoms with Crippen molar-refractivity contribution in [2.75, 3.05) is 0 Å². The summed E-state index contributed by atoms with van der Waals surface area (Å²) in [6.07, 6.45) is 2.98. The van der Waals surface area contributed by atoms with E-state index < -0.39 is 5.92 Å². The first-order valence-electron chi connectivity index (χ1n) is 6.23. The van der Waals surface area contributed by atoms with Crippen LogP contribution in [0.5, 0.6) is 0 Å². The number of nitrogens with zero attached hydrogens (tertiary/aromatic N) is 2. The Balaban J connectivity index is 2.06. The summed E-state index contributed by atoms with van der Waals surface area (Å²) in [6, 6.07) is 5.22. The van der Waals surface area contributed by atoms with E-state index in [1.165, 1.54) is 0 Å². The van der Waals surface area contributed by atoms with Gasteiger partial charge in [-0.15, -0.1) is 0 Å². The van der Waals surface area contributed by atoms with Crippen LogP contribution in [0.25, 0.3) is 10.9 Å². The Morgan fingerprint density at radius 3 is 2.90 bits per heavy atom. The molecule has 6 heteroatoms. The van der Waals surface area contributed by atoms with Gasteiger partial charge in [0.15, 0.2) is 6.29 Å². The number of rotatable bonds is 2. The van der Waals surface area contributed by atoms with Crippen LogP contribution in [-0.2, 0) is 9.59 Å². The number of benzene rings is 1. The van der Waals surface area contributed by atoms with Crippen LogP contribution in [0.2, 0.25) is 0 Å². The van der Waals surface area contributed by atoms with Crippen molar-refractivity contribution >= 4 is 29.0 Å². The van der Waals surface area contributed by atoms with Crippen molar-refractivity contribution in [2.45, 2.75) is 18.8 Å². The average molecular weight is 269 g/mol. The molecule has 0 aliphatic carbocycles. The highest BCUT2D eigenvalue weighted by Gasteiger charge is 2.30. The molecular weight excluding hydrogens is 258 g/mol. The molecule has 20 heavy (non-hydrogen) atoms. The maximum atomic E-state index is 11.8. The van der Waals surface area contributed by atoms with Crippen LogP contribution >= 0.6 is 0 Å². The summed E-state index contributed by atoms with van der Waals surface area (Å²) in [4.78, 5) is 42.5. The number of aldehydes is 1. The molecular formula is C14H11N3O3. The molecule has 1 aromatic heterocycles. The second-order valence-electron chi connectivity index (χ2n) is 4.63. The molecule has 2 amide bonds. The molecule has 1 aliphatic heterocycles. The van der Waals surface area contributed by atoms with Gasteiger partial charge in [-0.1, -0.05) is 12.1 Å². The van der Waals surface area contributed by atoms with E-state index in [0.717, 1.165) is 11.7 Å². The number of aromatic nitrogens is 2. The van der Waals surface area contributed by atoms with E-state index in [4.69, 9.17) is 0 Å². The Kier molecular flexibility index (Phi) is 2.98. The normalized spacial score (nSPS) is 18.9. The summed E-state index contributed by atoms with van der Waals surface area (Å²) in [5.41, 5.74) is 0.982. The highest BCUT2D eigenvalue weighted by Crippen LogP contribution is 2.24. The predicted octanol–water partition coefficient (Wildman–Crippen LogP) is 0.962. The summed E-state index contributed by atoms with van der Waals surface area (Å²) in [6.45, 7) is 0. The third-order valence-electron chi connectivity index (χ3n) is 3.34. The highest BCUT2D eigenvalue weighted by atomic mass is 16.2. The summed E-state index contributed by atoms with van der Waals surface area (Å²) >= 11 is 0. The SMILES string of the molecule is O=Cc1cccc2cnc(C3CCC(=O)NC3=O)nc12. The Labute approximate surface area is 114 Å². The van der Waals surface area contributed by atoms with Crippen molar-refractivity contribution < 1.29 is 14.4 Å². The van der Waals surface area contributed by atoms with E-state index in [-0.39, 0.29) is 18.2 Å². The minimum atomic E-state index is -0.545. The number of fused-ring (bicyclic) bond motifs is 1. The summed E-state index contributed by atoms with van der Waals surface area (Å²) in [7, 11) is 0. The zero-order chi connectivity index (χ0) is 14.1. The fraction of sp³-hybridized carbons (Fsp3) is 0.214. The molecule has 1 unspecified atom stereocenters. The van der Waals surface area contributed by atoms with Gasteiger partial charge in [0.05, 0.1) is 11.4 Å². The molecule has 1 fully saturated rings. The third-order valence-corrected chi connectivity index (χ3v) is 3.34. The molecule has 1 aromatic carbocycles. The van der Waals surface area contributed by atoms with E-state index in [0.29, 0.717) is 23.3 Å². The van der Waals surface area contributed by atoms with Gasteiger partial charge in [-0.2, -0.15) is 0 Å². The molecule has 0 bridgehead atoms. The second kappa shape index (κ2) is 4.80. The van der Waals surface area contributed by atoms with Gasteiger partial charge in [-0.05, 0) is 12.5 Å². The third kappa shape index (κ3) is 2.05. The van der Waals surface area contributed by atoms with Gasteiger partial charge in [0.2, 0.25) is 11.8 Å². The van der Waals surface area contributed by atoms with Crippen LogP contribution in [0.1, 0.15) is 34.9 Å². The van der Waals surface area contributed by atoms with Crippen molar-refractivity contribution in [3.8, 4) is 0 Å². The van der Waals surface area contributed by atoms with Crippen LogP contribution in [0.4, 0.5) is 0 Å². The zero-order valence-electron chi connectivity index (χ0n) is 10.5. The Bertz CT molecular complexity index is 727. The number of imide groups is 1. The molecule has 3 rings (SSSR count). The minimum absolute atomic E-state index is 0.271. The van der Waals surface area contributed by atoms with Crippen LogP contribution in [0.3, 0.4) is 0 Å². The Morgan fingerprint density at radius 2 is 2.15 bits per heavy atom. The van der Waals surface area contributed by atoms with Crippen LogP contribution < -0.4 is 5.32 Å². The molecule has 6 nitrogen and oxygen atoms in total. The van der Waals surface area contributed by atoms with Gasteiger partial charge < -0.3 is 0 Å². The highest BCUT2D eigenvalue weighted by molar-refractivity contribution is 6.01. The minimum Gasteiger partial charge on any atom is -0.298 e. The van der Waals surface area contributed by atoms with Crippen LogP contribution in [0.15, 0.2) is 24.4 Å². The van der Waals surface area contributed by atoms with Gasteiger partial charge in [0, 0.05) is 23.6 Å². The number of hydrogen-bond acceptors (Lipinski definition) is 5. The van der Waals surface area contributed by atoms with E-state index in [2.05, 4.69) is 15.3 Å². The van der Waals surface area contributed by atoms with Crippen molar-refractivity contribution in [3.63, 3.8) is 0 Å². The molecule has 0 spiro atoms. The first kappa shape index (κ1) is 12.4. The number of nitrogens with one attached hydrogen (secondary N) is 1. The van der Waals surface area contributed by atoms with Gasteiger partial charge >= 0.3 is 0 Å². The molecule has 0 radical (unpaired) electrons. The maximum absolute atomic E-state index is 11.8. The number of piperidine rings is 1. The van der Waals surface area contributed by atoms with Gasteiger partial charge in [0.25, 0.3) is 0 Å². The maximum Gasteiger partial charge on any atom is 0.237 e. The second-order valence-corrected chi connectivity index (χ2v) is 4.63. The average Bonchev–Trinajstić information content (AvgIpc) is 2.46. The standard InChI is InChI=1S/C14H11N3O3/c18-7-9-3-1-2-8-6-15-13(17-12(8)9)10-4-5-11(19)16-14(10)20/h1-3,6-7,10H,4-5H2,(H,16,19,20). The van der Waals surface area contributed by atoms with Crippen molar-refractivity contribution in [3.05, 3.63) is 35.8 Å². The number of hydrogen-bond donors (Lipinski definition) is 1. The van der Waals surface area contributed by atoms with Crippen molar-refractivity contribution in [1.82, 2.24) is 15.3 Å². The lowest BCUT2D eigenvalue weighted by atomic mass is 9.97. The summed E-state index contributed by atoms with van der Waals surface area (Å²) in [5.74, 6) is -0.863. The van der Waals surface area contributed by atoms with Gasteiger partial charge in [0.1, 0.15) is 5.82 Å². The largest absolute Gasteiger partial charge is 0.298 e. The topological polar surface area (TPSA) is 89.0 Å². The first-order valence-corrected chi connectivity index (χ1v) is 6.23. The lowest BCUT2D eigenvalue weighted by Crippen LogP contribution is -2.40. The molecule has 1 N–H and O–H groups in total. The quantitative estimate of drug-likeness (QED) is 0.648. The van der Waals surface area contributed by atoms with Crippen LogP contribution in [-0.4, -0.2) is 28.1 Å². The fourth-order valence-corrected chi connectivity index (χ4v) is 2.30. The monoisotopic (exact) mass is 269 g/mol. The smallest absolute Gasteiger partial charge is 0.237 e. The number of carbonyl (C=O) groups is 3. The van der Waals surface area contributed by atoms with Gasteiger partial charge in [-0.3, -0.25) is 19.7 Å². The number of para-hydroxylation sites is 1. The molecule has 2 heterocycles. The Morgan fingerprint density at radius 1 is 1.30 bits per heavy atom. The van der Waals surface area contributed by atoms with Crippen molar-refractivity contribution in [2.24, 2.45) is 0 Å². The number of amides is 2. The van der Waals surface area contributed by atoms with E-state index in [9.17, 15) is 14.4 Å². The first-order chi connectivity index (χ1) is 9.69. The van der Waals surface area contributed by atoms with E-state index in [1.807, 2.05) is 0 Å². The predicted molar refractivity (Wildman–Crippen MR) is 70.1 cm³/mol. The summed E-state index contributed by atoms with van der Waals surface area (Å²) < 4.78 is 0. The van der Waals surface area contributed by atoms with Gasteiger partial charge in [-0.25, -0.2) is 9.97 Å². The van der Waals surface area contributed by atoms with Crippen molar-refractivity contribution in [1.29, 1.82) is 0 Å². The van der Waals surface area contributed by atoms with E-state index >= 15 is 0 Å². The molecule has 2 aromatic rings. The van der Waals surface area contributed by atoms with E-state index in [1.54, 1.807) is 24.4 Å². The molecule has 1 saturated heterocycles. The molecule has 1 atom stereocenters. The lowest BCUT2D eigenvalue weighted by Gasteiger charge is -2.19. The zero-order valence-corrected chi connectivity index (χ0v) is 10.5. The molecule has 1 aliphatic rings.